The Morgan fingerprint density at radius 3 is 2.54 bits per heavy atom. The van der Waals surface area contributed by atoms with Crippen molar-refractivity contribution in [2.75, 3.05) is 0 Å². The quantitative estimate of drug-likeness (QED) is 0.792. The molecule has 2 aliphatic rings. The van der Waals surface area contributed by atoms with E-state index in [4.69, 9.17) is 4.74 Å². The van der Waals surface area contributed by atoms with Gasteiger partial charge in [0, 0.05) is 11.5 Å². The number of alkyl carbamates (subject to hydrolysis) is 1. The Kier molecular flexibility index (Phi) is 4.79. The third-order valence-corrected chi connectivity index (χ3v) is 5.72. The van der Waals surface area contributed by atoms with Crippen LogP contribution in [0.25, 0.3) is 0 Å². The molecule has 1 fully saturated rings. The van der Waals surface area contributed by atoms with Gasteiger partial charge in [-0.05, 0) is 42.7 Å². The zero-order chi connectivity index (χ0) is 17.8. The fourth-order valence-electron chi connectivity index (χ4n) is 4.58. The predicted molar refractivity (Wildman–Crippen MR) is 103 cm³/mol. The van der Waals surface area contributed by atoms with Crippen LogP contribution in [0.4, 0.5) is 4.79 Å². The van der Waals surface area contributed by atoms with Gasteiger partial charge in [0.05, 0.1) is 0 Å². The molecule has 3 heteroatoms. The smallest absolute Gasteiger partial charge is 0.407 e. The molecule has 134 valence electrons. The van der Waals surface area contributed by atoms with Gasteiger partial charge in [0.1, 0.15) is 6.61 Å². The van der Waals surface area contributed by atoms with Gasteiger partial charge < -0.3 is 10.1 Å². The topological polar surface area (TPSA) is 38.3 Å². The van der Waals surface area contributed by atoms with Gasteiger partial charge in [-0.25, -0.2) is 4.79 Å². The lowest BCUT2D eigenvalue weighted by Crippen LogP contribution is -2.48. The van der Waals surface area contributed by atoms with Gasteiger partial charge in [-0.3, -0.25) is 0 Å². The van der Waals surface area contributed by atoms with Crippen molar-refractivity contribution in [1.82, 2.24) is 5.32 Å². The molecule has 0 heterocycles. The van der Waals surface area contributed by atoms with Crippen LogP contribution in [0.1, 0.15) is 36.8 Å². The number of fused-ring (bicyclic) bond motifs is 2. The molecule has 2 aromatic rings. The van der Waals surface area contributed by atoms with Gasteiger partial charge in [0.15, 0.2) is 0 Å². The molecule has 0 aromatic heterocycles. The molecule has 0 radical (unpaired) electrons. The summed E-state index contributed by atoms with van der Waals surface area (Å²) in [4.78, 5) is 12.3. The van der Waals surface area contributed by atoms with Crippen LogP contribution in [-0.2, 0) is 16.8 Å². The average molecular weight is 347 g/mol. The van der Waals surface area contributed by atoms with E-state index in [1.165, 1.54) is 12.0 Å². The molecule has 0 aliphatic heterocycles. The fraction of sp³-hybridized carbons (Fsp3) is 0.348. The van der Waals surface area contributed by atoms with Crippen LogP contribution in [0.5, 0.6) is 0 Å². The Morgan fingerprint density at radius 1 is 1.04 bits per heavy atom. The van der Waals surface area contributed by atoms with E-state index in [1.807, 2.05) is 30.3 Å². The summed E-state index contributed by atoms with van der Waals surface area (Å²) in [5.74, 6) is 0.525. The van der Waals surface area contributed by atoms with Crippen molar-refractivity contribution in [3.63, 3.8) is 0 Å². The maximum absolute atomic E-state index is 12.3. The third kappa shape index (κ3) is 3.67. The van der Waals surface area contributed by atoms with Gasteiger partial charge in [0.2, 0.25) is 0 Å². The van der Waals surface area contributed by atoms with E-state index in [0.717, 1.165) is 24.8 Å². The number of ether oxygens (including phenoxy) is 1. The molecule has 3 nitrogen and oxygen atoms in total. The molecule has 1 amide bonds. The van der Waals surface area contributed by atoms with E-state index < -0.39 is 0 Å². The summed E-state index contributed by atoms with van der Waals surface area (Å²) in [6.45, 7) is 0.312. The normalized spacial score (nSPS) is 26.9. The van der Waals surface area contributed by atoms with Crippen molar-refractivity contribution < 1.29 is 9.53 Å². The molecule has 0 spiro atoms. The van der Waals surface area contributed by atoms with E-state index in [9.17, 15) is 4.79 Å². The number of carbonyl (C=O) groups excluding carboxylic acids is 1. The minimum absolute atomic E-state index is 0.135. The number of hydrogen-bond acceptors (Lipinski definition) is 2. The summed E-state index contributed by atoms with van der Waals surface area (Å²) in [5, 5.41) is 3.12. The Labute approximate surface area is 155 Å². The highest BCUT2D eigenvalue weighted by Gasteiger charge is 2.42. The molecule has 2 aliphatic carbocycles. The predicted octanol–water partition coefficient (Wildman–Crippen LogP) is 4.98. The molecule has 1 N–H and O–H groups in total. The first kappa shape index (κ1) is 16.9. The zero-order valence-corrected chi connectivity index (χ0v) is 14.9. The lowest BCUT2D eigenvalue weighted by Gasteiger charge is -2.46. The lowest BCUT2D eigenvalue weighted by atomic mass is 9.60. The SMILES string of the molecule is O=C(NC1CC2C=CCC(c3ccccc3)(C2)C1)OCc1ccccc1. The van der Waals surface area contributed by atoms with Crippen molar-refractivity contribution in [2.24, 2.45) is 5.92 Å². The largest absolute Gasteiger partial charge is 0.445 e. The second-order valence-electron chi connectivity index (χ2n) is 7.59. The molecule has 1 saturated carbocycles. The zero-order valence-electron chi connectivity index (χ0n) is 14.9. The van der Waals surface area contributed by atoms with Gasteiger partial charge in [0.25, 0.3) is 0 Å². The van der Waals surface area contributed by atoms with Crippen LogP contribution in [0.15, 0.2) is 72.8 Å². The summed E-state index contributed by atoms with van der Waals surface area (Å²) in [6, 6.07) is 20.7. The summed E-state index contributed by atoms with van der Waals surface area (Å²) in [7, 11) is 0. The van der Waals surface area contributed by atoms with Gasteiger partial charge in [-0.1, -0.05) is 72.8 Å². The summed E-state index contributed by atoms with van der Waals surface area (Å²) < 4.78 is 5.42. The van der Waals surface area contributed by atoms with Crippen molar-refractivity contribution in [3.05, 3.63) is 83.9 Å². The van der Waals surface area contributed by atoms with Crippen LogP contribution in [0, 0.1) is 5.92 Å². The first-order valence-corrected chi connectivity index (χ1v) is 9.43. The number of carbonyl (C=O) groups is 1. The summed E-state index contributed by atoms with van der Waals surface area (Å²) in [5.41, 5.74) is 2.53. The highest BCUT2D eigenvalue weighted by molar-refractivity contribution is 5.67. The van der Waals surface area contributed by atoms with E-state index in [0.29, 0.717) is 12.5 Å². The molecule has 2 aromatic carbocycles. The molecule has 4 rings (SSSR count). The van der Waals surface area contributed by atoms with Crippen LogP contribution in [-0.4, -0.2) is 12.1 Å². The van der Waals surface area contributed by atoms with Crippen LogP contribution in [0.3, 0.4) is 0 Å². The van der Waals surface area contributed by atoms with Crippen LogP contribution in [0.2, 0.25) is 0 Å². The molecule has 3 unspecified atom stereocenters. The molecule has 26 heavy (non-hydrogen) atoms. The second kappa shape index (κ2) is 7.36. The highest BCUT2D eigenvalue weighted by Crippen LogP contribution is 2.47. The van der Waals surface area contributed by atoms with Gasteiger partial charge >= 0.3 is 6.09 Å². The number of amides is 1. The number of hydrogen-bond donors (Lipinski definition) is 1. The first-order chi connectivity index (χ1) is 12.7. The fourth-order valence-corrected chi connectivity index (χ4v) is 4.58. The minimum atomic E-state index is -0.314. The maximum atomic E-state index is 12.3. The summed E-state index contributed by atoms with van der Waals surface area (Å²) in [6.07, 6.45) is 8.51. The molecule has 0 saturated heterocycles. The van der Waals surface area contributed by atoms with E-state index >= 15 is 0 Å². The number of nitrogens with one attached hydrogen (secondary N) is 1. The Hall–Kier alpha value is -2.55. The van der Waals surface area contributed by atoms with Crippen molar-refractivity contribution in [3.8, 4) is 0 Å². The lowest BCUT2D eigenvalue weighted by molar-refractivity contribution is 0.122. The molecular formula is C23H25NO2. The van der Waals surface area contributed by atoms with Crippen LogP contribution >= 0.6 is 0 Å². The standard InChI is InChI=1S/C23H25NO2/c25-22(26-17-18-8-3-1-4-9-18)24-21-14-19-10-7-13-23(15-19,16-21)20-11-5-2-6-12-20/h1-12,19,21H,13-17H2,(H,24,25). The maximum Gasteiger partial charge on any atom is 0.407 e. The van der Waals surface area contributed by atoms with E-state index in [1.54, 1.807) is 0 Å². The average Bonchev–Trinajstić information content (AvgIpc) is 2.68. The Balaban J connectivity index is 1.41. The van der Waals surface area contributed by atoms with Gasteiger partial charge in [-0.15, -0.1) is 0 Å². The molecular weight excluding hydrogens is 322 g/mol. The van der Waals surface area contributed by atoms with Crippen LogP contribution < -0.4 is 5.32 Å². The second-order valence-corrected chi connectivity index (χ2v) is 7.59. The highest BCUT2D eigenvalue weighted by atomic mass is 16.5. The van der Waals surface area contributed by atoms with E-state index in [-0.39, 0.29) is 17.6 Å². The minimum Gasteiger partial charge on any atom is -0.445 e. The Morgan fingerprint density at radius 2 is 1.77 bits per heavy atom. The molecule has 3 atom stereocenters. The number of benzene rings is 2. The number of rotatable bonds is 4. The van der Waals surface area contributed by atoms with Crippen molar-refractivity contribution >= 4 is 6.09 Å². The monoisotopic (exact) mass is 347 g/mol. The molecule has 2 bridgehead atoms. The Bertz CT molecular complexity index is 771. The van der Waals surface area contributed by atoms with E-state index in [2.05, 4.69) is 47.8 Å². The number of allylic oxidation sites excluding steroid dienone is 2. The summed E-state index contributed by atoms with van der Waals surface area (Å²) >= 11 is 0. The van der Waals surface area contributed by atoms with Crippen molar-refractivity contribution in [2.45, 2.75) is 43.7 Å². The third-order valence-electron chi connectivity index (χ3n) is 5.72. The first-order valence-electron chi connectivity index (χ1n) is 9.43. The van der Waals surface area contributed by atoms with Crippen molar-refractivity contribution in [1.29, 1.82) is 0 Å². The van der Waals surface area contributed by atoms with Gasteiger partial charge in [-0.2, -0.15) is 0 Å².